The second-order valence-electron chi connectivity index (χ2n) is 9.76. The summed E-state index contributed by atoms with van der Waals surface area (Å²) in [4.78, 5) is 41.4. The highest BCUT2D eigenvalue weighted by Crippen LogP contribution is 2.16. The first-order valence-electron chi connectivity index (χ1n) is 12.6. The van der Waals surface area contributed by atoms with Gasteiger partial charge in [0.1, 0.15) is 20.9 Å². The summed E-state index contributed by atoms with van der Waals surface area (Å²) in [6, 6.07) is 9.77. The zero-order chi connectivity index (χ0) is 27.9. The van der Waals surface area contributed by atoms with Gasteiger partial charge in [-0.2, -0.15) is 5.26 Å². The fraction of sp³-hybridized carbons (Fsp3) is 0.481. The molecule has 1 fully saturated rings. The number of nitrogens with one attached hydrogen (secondary N) is 1. The lowest BCUT2D eigenvalue weighted by atomic mass is 10.1. The molecule has 0 radical (unpaired) electrons. The smallest absolute Gasteiger partial charge is 0.410 e. The highest BCUT2D eigenvalue weighted by atomic mass is 32.1. The van der Waals surface area contributed by atoms with Crippen molar-refractivity contribution in [1.82, 2.24) is 14.4 Å². The molecule has 0 unspecified atom stereocenters. The van der Waals surface area contributed by atoms with Gasteiger partial charge in [-0.1, -0.05) is 12.1 Å². The molecule has 1 N–H and O–H groups in total. The Morgan fingerprint density at radius 2 is 1.89 bits per heavy atom. The number of esters is 1. The van der Waals surface area contributed by atoms with Gasteiger partial charge in [-0.05, 0) is 52.3 Å². The molecule has 3 rings (SSSR count). The van der Waals surface area contributed by atoms with Gasteiger partial charge in [-0.25, -0.2) is 9.59 Å². The van der Waals surface area contributed by atoms with Crippen LogP contribution in [0.25, 0.3) is 11.8 Å². The van der Waals surface area contributed by atoms with Crippen molar-refractivity contribution < 1.29 is 19.1 Å². The predicted molar refractivity (Wildman–Crippen MR) is 147 cm³/mol. The van der Waals surface area contributed by atoms with Crippen LogP contribution in [0.15, 0.2) is 29.1 Å². The Hall–Kier alpha value is -3.62. The van der Waals surface area contributed by atoms with E-state index in [0.717, 1.165) is 42.2 Å². The maximum Gasteiger partial charge on any atom is 0.410 e. The van der Waals surface area contributed by atoms with Crippen LogP contribution in [0.5, 0.6) is 0 Å². The zero-order valence-corrected chi connectivity index (χ0v) is 23.4. The van der Waals surface area contributed by atoms with Gasteiger partial charge in [-0.3, -0.25) is 14.3 Å². The number of hydrogen-bond acceptors (Lipinski definition) is 9. The van der Waals surface area contributed by atoms with E-state index in [2.05, 4.69) is 10.2 Å². The molecule has 0 bridgehead atoms. The maximum absolute atomic E-state index is 12.9. The molecule has 2 heterocycles. The van der Waals surface area contributed by atoms with Crippen LogP contribution in [0.3, 0.4) is 0 Å². The second kappa shape index (κ2) is 12.8. The number of ether oxygens (including phenoxy) is 2. The highest BCUT2D eigenvalue weighted by Gasteiger charge is 2.25. The van der Waals surface area contributed by atoms with Crippen LogP contribution in [0.2, 0.25) is 0 Å². The molecule has 1 aromatic heterocycles. The number of carbonyl (C=O) groups is 2. The van der Waals surface area contributed by atoms with E-state index in [1.807, 2.05) is 51.1 Å². The molecule has 0 aliphatic carbocycles. The number of carbonyl (C=O) groups excluding carboxylic acids is 2. The van der Waals surface area contributed by atoms with Crippen molar-refractivity contribution in [2.45, 2.75) is 53.3 Å². The first-order valence-corrected chi connectivity index (χ1v) is 13.4. The quantitative estimate of drug-likeness (QED) is 0.530. The molecular formula is C27H35N5O5S. The minimum absolute atomic E-state index is 0.141. The average molecular weight is 542 g/mol. The largest absolute Gasteiger partial charge is 0.462 e. The fourth-order valence-corrected chi connectivity index (χ4v) is 5.04. The van der Waals surface area contributed by atoms with Crippen molar-refractivity contribution in [3.63, 3.8) is 0 Å². The molecule has 38 heavy (non-hydrogen) atoms. The third kappa shape index (κ3) is 7.46. The second-order valence-corrected chi connectivity index (χ2v) is 10.8. The number of nitriles is 1. The van der Waals surface area contributed by atoms with Gasteiger partial charge >= 0.3 is 12.1 Å². The van der Waals surface area contributed by atoms with Crippen LogP contribution in [-0.2, 0) is 27.4 Å². The molecule has 1 amide bonds. The molecule has 0 spiro atoms. The Kier molecular flexibility index (Phi) is 9.72. The third-order valence-electron chi connectivity index (χ3n) is 5.76. The van der Waals surface area contributed by atoms with E-state index in [1.165, 1.54) is 4.57 Å². The summed E-state index contributed by atoms with van der Waals surface area (Å²) in [5.74, 6) is -0.738. The Bertz CT molecular complexity index is 1370. The van der Waals surface area contributed by atoms with Crippen LogP contribution in [0.4, 0.5) is 10.5 Å². The molecule has 10 nitrogen and oxygen atoms in total. The molecule has 0 atom stereocenters. The van der Waals surface area contributed by atoms with Crippen LogP contribution >= 0.6 is 11.3 Å². The van der Waals surface area contributed by atoms with Crippen molar-refractivity contribution in [1.29, 1.82) is 5.26 Å². The molecule has 11 heteroatoms. The lowest BCUT2D eigenvalue weighted by Gasteiger charge is -2.35. The van der Waals surface area contributed by atoms with Crippen molar-refractivity contribution >= 4 is 40.9 Å². The van der Waals surface area contributed by atoms with Gasteiger partial charge in [0, 0.05) is 51.2 Å². The number of nitrogens with zero attached hydrogens (tertiary/aromatic N) is 4. The summed E-state index contributed by atoms with van der Waals surface area (Å²) in [7, 11) is 0. The predicted octanol–water partition coefficient (Wildman–Crippen LogP) is 2.07. The lowest BCUT2D eigenvalue weighted by Crippen LogP contribution is -2.49. The third-order valence-corrected chi connectivity index (χ3v) is 6.89. The number of thiazole rings is 1. The molecule has 204 valence electrons. The zero-order valence-electron chi connectivity index (χ0n) is 22.6. The molecule has 1 aromatic carbocycles. The van der Waals surface area contributed by atoms with E-state index in [1.54, 1.807) is 24.9 Å². The summed E-state index contributed by atoms with van der Waals surface area (Å²) in [6.45, 7) is 12.9. The SMILES string of the molecule is CCOC(=O)/C(C#N)=c1\s/c(=C/Nc2cccc(CN3CCN(C(=O)OC(C)(C)C)CC3)c2)c(=O)n1CC. The molecule has 1 aliphatic rings. The fourth-order valence-electron chi connectivity index (χ4n) is 3.96. The normalized spacial score (nSPS) is 15.6. The molecule has 1 saturated heterocycles. The number of benzene rings is 1. The Morgan fingerprint density at radius 1 is 1.18 bits per heavy atom. The number of rotatable bonds is 7. The van der Waals surface area contributed by atoms with Crippen LogP contribution < -0.4 is 20.1 Å². The van der Waals surface area contributed by atoms with E-state index in [4.69, 9.17) is 9.47 Å². The summed E-state index contributed by atoms with van der Waals surface area (Å²) in [5.41, 5.74) is 0.932. The molecule has 1 aliphatic heterocycles. The van der Waals surface area contributed by atoms with E-state index in [0.29, 0.717) is 24.2 Å². The van der Waals surface area contributed by atoms with Gasteiger partial charge < -0.3 is 19.7 Å². The number of amides is 1. The number of aromatic nitrogens is 1. The minimum atomic E-state index is -0.738. The highest BCUT2D eigenvalue weighted by molar-refractivity contribution is 7.07. The van der Waals surface area contributed by atoms with Gasteiger partial charge in [0.25, 0.3) is 5.56 Å². The van der Waals surface area contributed by atoms with Crippen molar-refractivity contribution in [3.8, 4) is 6.07 Å². The first-order chi connectivity index (χ1) is 18.1. The summed E-state index contributed by atoms with van der Waals surface area (Å²) < 4.78 is 12.5. The first kappa shape index (κ1) is 28.9. The van der Waals surface area contributed by atoms with E-state index in [-0.39, 0.29) is 28.5 Å². The standard InChI is InChI=1S/C27H35N5O5S/c1-6-32-23(33)22(38-24(32)21(16-28)25(34)36-7-2)17-29-20-10-8-9-19(15-20)18-30-11-13-31(14-12-30)26(35)37-27(3,4)5/h8-10,15,17,29H,6-7,11-14,18H2,1-5H3/b22-17+,24-21-. The van der Waals surface area contributed by atoms with E-state index in [9.17, 15) is 19.6 Å². The van der Waals surface area contributed by atoms with Gasteiger partial charge in [-0.15, -0.1) is 11.3 Å². The van der Waals surface area contributed by atoms with Gasteiger partial charge in [0.05, 0.1) is 6.61 Å². The van der Waals surface area contributed by atoms with Crippen molar-refractivity contribution in [2.24, 2.45) is 0 Å². The average Bonchev–Trinajstić information content (AvgIpc) is 3.17. The summed E-state index contributed by atoms with van der Waals surface area (Å²) >= 11 is 1.08. The van der Waals surface area contributed by atoms with Crippen LogP contribution in [-0.4, -0.2) is 64.8 Å². The van der Waals surface area contributed by atoms with Crippen molar-refractivity contribution in [3.05, 3.63) is 49.4 Å². The molecule has 0 saturated carbocycles. The van der Waals surface area contributed by atoms with Crippen molar-refractivity contribution in [2.75, 3.05) is 38.1 Å². The van der Waals surface area contributed by atoms with E-state index >= 15 is 0 Å². The van der Waals surface area contributed by atoms with Crippen LogP contribution in [0.1, 0.15) is 40.2 Å². The number of anilines is 1. The number of piperazine rings is 1. The maximum atomic E-state index is 12.9. The Balaban J connectivity index is 1.72. The topological polar surface area (TPSA) is 117 Å². The lowest BCUT2D eigenvalue weighted by molar-refractivity contribution is -0.136. The van der Waals surface area contributed by atoms with Gasteiger partial charge in [0.2, 0.25) is 0 Å². The van der Waals surface area contributed by atoms with Gasteiger partial charge in [0.15, 0.2) is 5.57 Å². The molecule has 2 aromatic rings. The van der Waals surface area contributed by atoms with E-state index < -0.39 is 11.6 Å². The Labute approximate surface area is 226 Å². The monoisotopic (exact) mass is 541 g/mol. The number of hydrogen-bond donors (Lipinski definition) is 1. The Morgan fingerprint density at radius 3 is 2.50 bits per heavy atom. The summed E-state index contributed by atoms with van der Waals surface area (Å²) in [5, 5.41) is 12.7. The minimum Gasteiger partial charge on any atom is -0.462 e. The summed E-state index contributed by atoms with van der Waals surface area (Å²) in [6.07, 6.45) is 1.32. The van der Waals surface area contributed by atoms with Crippen LogP contribution in [0, 0.1) is 11.3 Å². The molecular weight excluding hydrogens is 506 g/mol.